The lowest BCUT2D eigenvalue weighted by Crippen LogP contribution is -1.94. The third kappa shape index (κ3) is 1.81. The third-order valence-electron chi connectivity index (χ3n) is 0.865. The van der Waals surface area contributed by atoms with Crippen molar-refractivity contribution in [3.05, 3.63) is 32.5 Å². The Kier molecular flexibility index (Phi) is 1.79. The number of rotatable bonds is 2. The lowest BCUT2D eigenvalue weighted by molar-refractivity contribution is -0.496. The van der Waals surface area contributed by atoms with Crippen molar-refractivity contribution in [1.82, 2.24) is 0 Å². The van der Waals surface area contributed by atoms with Crippen molar-refractivity contribution in [1.29, 1.82) is 0 Å². The van der Waals surface area contributed by atoms with Gasteiger partial charge in [-0.25, -0.2) is 0 Å². The van der Waals surface area contributed by atoms with Gasteiger partial charge in [0, 0.05) is 4.92 Å². The van der Waals surface area contributed by atoms with Crippen molar-refractivity contribution in [3.8, 4) is 0 Å². The molecule has 3 nitrogen and oxygen atoms in total. The lowest BCUT2D eigenvalue weighted by atomic mass is 10.5. The second-order valence-corrected chi connectivity index (χ2v) is 2.60. The Balaban J connectivity index is 2.58. The van der Waals surface area contributed by atoms with Gasteiger partial charge in [-0.15, -0.1) is 11.3 Å². The average Bonchev–Trinajstić information content (AvgIpc) is 2.15. The first-order valence-electron chi connectivity index (χ1n) is 2.43. The number of thiophene rings is 1. The average molecular weight is 143 g/mol. The molecule has 0 saturated carbocycles. The summed E-state index contributed by atoms with van der Waals surface area (Å²) in [6.45, 7) is -0.0440. The Morgan fingerprint density at radius 1 is 1.78 bits per heavy atom. The van der Waals surface area contributed by atoms with Crippen LogP contribution in [0.1, 0.15) is 4.88 Å². The van der Waals surface area contributed by atoms with Gasteiger partial charge < -0.3 is 0 Å². The molecule has 48 valence electrons. The predicted molar refractivity (Wildman–Crippen MR) is 35.0 cm³/mol. The van der Waals surface area contributed by atoms with Crippen LogP contribution in [-0.2, 0) is 6.54 Å². The largest absolute Gasteiger partial charge is 0.264 e. The zero-order chi connectivity index (χ0) is 6.69. The van der Waals surface area contributed by atoms with E-state index < -0.39 is 0 Å². The van der Waals surface area contributed by atoms with Gasteiger partial charge in [-0.05, 0) is 11.4 Å². The van der Waals surface area contributed by atoms with E-state index in [-0.39, 0.29) is 11.5 Å². The van der Waals surface area contributed by atoms with Crippen LogP contribution in [0.4, 0.5) is 0 Å². The van der Waals surface area contributed by atoms with Gasteiger partial charge in [0.05, 0.1) is 4.88 Å². The van der Waals surface area contributed by atoms with E-state index in [0.717, 1.165) is 4.88 Å². The van der Waals surface area contributed by atoms with Crippen molar-refractivity contribution >= 4 is 11.3 Å². The first-order chi connectivity index (χ1) is 4.29. The normalized spacial score (nSPS) is 9.33. The summed E-state index contributed by atoms with van der Waals surface area (Å²) in [5.41, 5.74) is 0. The maximum absolute atomic E-state index is 9.88. The van der Waals surface area contributed by atoms with Crippen molar-refractivity contribution in [2.24, 2.45) is 0 Å². The van der Waals surface area contributed by atoms with Crippen LogP contribution in [0, 0.1) is 10.1 Å². The fourth-order valence-corrected chi connectivity index (χ4v) is 1.20. The topological polar surface area (TPSA) is 43.1 Å². The molecule has 0 aliphatic heterocycles. The zero-order valence-electron chi connectivity index (χ0n) is 4.61. The highest BCUT2D eigenvalue weighted by Crippen LogP contribution is 2.08. The van der Waals surface area contributed by atoms with E-state index >= 15 is 0 Å². The molecule has 1 aromatic heterocycles. The summed E-state index contributed by atoms with van der Waals surface area (Å²) in [4.78, 5) is 10.4. The van der Waals surface area contributed by atoms with Crippen LogP contribution in [0.3, 0.4) is 0 Å². The van der Waals surface area contributed by atoms with Crippen LogP contribution < -0.4 is 0 Å². The summed E-state index contributed by atoms with van der Waals surface area (Å²) in [6, 6.07) is 3.57. The van der Waals surface area contributed by atoms with E-state index in [1.165, 1.54) is 11.3 Å². The van der Waals surface area contributed by atoms with Crippen LogP contribution >= 0.6 is 11.3 Å². The second-order valence-electron chi connectivity index (χ2n) is 1.57. The summed E-state index contributed by atoms with van der Waals surface area (Å²) in [5, 5.41) is 11.7. The second kappa shape index (κ2) is 2.59. The molecule has 0 fully saturated rings. The number of nitro groups is 1. The van der Waals surface area contributed by atoms with Crippen LogP contribution in [-0.4, -0.2) is 4.92 Å². The molecule has 0 aliphatic rings. The molecule has 0 N–H and O–H groups in total. The van der Waals surface area contributed by atoms with E-state index in [2.05, 4.69) is 0 Å². The summed E-state index contributed by atoms with van der Waals surface area (Å²) < 4.78 is 0. The minimum absolute atomic E-state index is 0.0440. The van der Waals surface area contributed by atoms with Gasteiger partial charge in [0.2, 0.25) is 6.54 Å². The molecular formula is C5H5NO2S. The van der Waals surface area contributed by atoms with Gasteiger partial charge in [0.25, 0.3) is 0 Å². The molecule has 1 heterocycles. The molecule has 0 radical (unpaired) electrons. The maximum Gasteiger partial charge on any atom is 0.237 e. The Morgan fingerprint density at radius 2 is 2.56 bits per heavy atom. The van der Waals surface area contributed by atoms with Crippen molar-refractivity contribution in [2.75, 3.05) is 0 Å². The molecule has 0 aliphatic carbocycles. The summed E-state index contributed by atoms with van der Waals surface area (Å²) >= 11 is 1.41. The summed E-state index contributed by atoms with van der Waals surface area (Å²) in [5.74, 6) is 0. The molecule has 0 atom stereocenters. The van der Waals surface area contributed by atoms with Crippen LogP contribution in [0.2, 0.25) is 0 Å². The van der Waals surface area contributed by atoms with Gasteiger partial charge >= 0.3 is 0 Å². The molecule has 0 unspecified atom stereocenters. The minimum Gasteiger partial charge on any atom is -0.264 e. The zero-order valence-corrected chi connectivity index (χ0v) is 5.43. The van der Waals surface area contributed by atoms with Gasteiger partial charge in [-0.1, -0.05) is 6.07 Å². The first-order valence-corrected chi connectivity index (χ1v) is 3.31. The Hall–Kier alpha value is -0.900. The SMILES string of the molecule is O=[N+]([O-])Cc1cccs1. The highest BCUT2D eigenvalue weighted by Gasteiger charge is 1.99. The van der Waals surface area contributed by atoms with E-state index in [4.69, 9.17) is 0 Å². The molecule has 1 aromatic rings. The molecule has 9 heavy (non-hydrogen) atoms. The predicted octanol–water partition coefficient (Wildman–Crippen LogP) is 1.52. The maximum atomic E-state index is 9.88. The van der Waals surface area contributed by atoms with E-state index in [0.29, 0.717) is 0 Å². The van der Waals surface area contributed by atoms with Crippen LogP contribution in [0.25, 0.3) is 0 Å². The van der Waals surface area contributed by atoms with Gasteiger partial charge in [0.15, 0.2) is 0 Å². The molecule has 0 bridgehead atoms. The monoisotopic (exact) mass is 143 g/mol. The molecule has 0 aromatic carbocycles. The molecule has 0 spiro atoms. The Labute approximate surface area is 56.1 Å². The molecule has 1 rings (SSSR count). The molecular weight excluding hydrogens is 138 g/mol. The quantitative estimate of drug-likeness (QED) is 0.465. The fraction of sp³-hybridized carbons (Fsp3) is 0.200. The van der Waals surface area contributed by atoms with Gasteiger partial charge in [-0.2, -0.15) is 0 Å². The summed E-state index contributed by atoms with van der Waals surface area (Å²) in [6.07, 6.45) is 0. The Morgan fingerprint density at radius 3 is 3.00 bits per heavy atom. The van der Waals surface area contributed by atoms with Gasteiger partial charge in [0.1, 0.15) is 0 Å². The lowest BCUT2D eigenvalue weighted by Gasteiger charge is -1.84. The number of hydrogen-bond donors (Lipinski definition) is 0. The van der Waals surface area contributed by atoms with E-state index in [1.54, 1.807) is 6.07 Å². The van der Waals surface area contributed by atoms with E-state index in [1.807, 2.05) is 11.4 Å². The smallest absolute Gasteiger partial charge is 0.237 e. The van der Waals surface area contributed by atoms with Crippen LogP contribution in [0.15, 0.2) is 17.5 Å². The van der Waals surface area contributed by atoms with Crippen LogP contribution in [0.5, 0.6) is 0 Å². The third-order valence-corrected chi connectivity index (χ3v) is 1.73. The standard InChI is InChI=1S/C5H5NO2S/c7-6(8)4-5-2-1-3-9-5/h1-3H,4H2. The molecule has 4 heteroatoms. The fourth-order valence-electron chi connectivity index (χ4n) is 0.530. The van der Waals surface area contributed by atoms with E-state index in [9.17, 15) is 10.1 Å². The van der Waals surface area contributed by atoms with Gasteiger partial charge in [-0.3, -0.25) is 10.1 Å². The van der Waals surface area contributed by atoms with Crippen molar-refractivity contribution in [3.63, 3.8) is 0 Å². The first kappa shape index (κ1) is 6.22. The minimum atomic E-state index is -0.328. The molecule has 0 saturated heterocycles. The van der Waals surface area contributed by atoms with Crippen molar-refractivity contribution in [2.45, 2.75) is 6.54 Å². The molecule has 0 amide bonds. The summed E-state index contributed by atoms with van der Waals surface area (Å²) in [7, 11) is 0. The number of hydrogen-bond acceptors (Lipinski definition) is 3. The number of nitrogens with zero attached hydrogens (tertiary/aromatic N) is 1. The highest BCUT2D eigenvalue weighted by molar-refractivity contribution is 7.09. The highest BCUT2D eigenvalue weighted by atomic mass is 32.1. The van der Waals surface area contributed by atoms with Crippen molar-refractivity contribution < 1.29 is 4.92 Å². The Bertz CT molecular complexity index is 195.